The van der Waals surface area contributed by atoms with Crippen LogP contribution in [0.25, 0.3) is 5.82 Å². The zero-order valence-corrected chi connectivity index (χ0v) is 19.1. The van der Waals surface area contributed by atoms with Gasteiger partial charge in [0.05, 0.1) is 5.56 Å². The monoisotopic (exact) mass is 465 g/mol. The van der Waals surface area contributed by atoms with Crippen LogP contribution in [-0.4, -0.2) is 53.9 Å². The summed E-state index contributed by atoms with van der Waals surface area (Å²) in [6.45, 7) is 5.78. The Kier molecular flexibility index (Phi) is 5.82. The van der Waals surface area contributed by atoms with Crippen molar-refractivity contribution in [2.45, 2.75) is 38.5 Å². The third-order valence-electron chi connectivity index (χ3n) is 5.51. The average Bonchev–Trinajstić information content (AvgIpc) is 3.61. The molecule has 0 aliphatic carbocycles. The van der Waals surface area contributed by atoms with Crippen molar-refractivity contribution in [3.05, 3.63) is 53.5 Å². The summed E-state index contributed by atoms with van der Waals surface area (Å²) in [7, 11) is 0. The van der Waals surface area contributed by atoms with Crippen molar-refractivity contribution in [2.24, 2.45) is 0 Å². The molecule has 0 atom stereocenters. The summed E-state index contributed by atoms with van der Waals surface area (Å²) in [4.78, 5) is 33.0. The third kappa shape index (κ3) is 4.60. The number of aromatic nitrogens is 7. The van der Waals surface area contributed by atoms with E-state index in [-0.39, 0.29) is 11.8 Å². The van der Waals surface area contributed by atoms with Gasteiger partial charge in [-0.05, 0) is 36.0 Å². The lowest BCUT2D eigenvalue weighted by Crippen LogP contribution is -2.33. The number of carbonyl (C=O) groups is 1. The van der Waals surface area contributed by atoms with Crippen LogP contribution in [0.15, 0.2) is 41.7 Å². The topological polar surface area (TPSA) is 128 Å². The number of thiazole rings is 1. The first-order valence-electron chi connectivity index (χ1n) is 10.7. The summed E-state index contributed by atoms with van der Waals surface area (Å²) in [6.07, 6.45) is 8.29. The first-order chi connectivity index (χ1) is 16.1. The Balaban J connectivity index is 1.17. The van der Waals surface area contributed by atoms with Gasteiger partial charge >= 0.3 is 0 Å². The van der Waals surface area contributed by atoms with Crippen LogP contribution in [-0.2, 0) is 0 Å². The highest BCUT2D eigenvalue weighted by Crippen LogP contribution is 2.34. The SMILES string of the molecule is CC(C)c1nc(N2CCC(c3cnc(NC(=O)c4ccc(-n5cncn5)nc4)s3)CC2)no1. The first-order valence-corrected chi connectivity index (χ1v) is 11.5. The predicted molar refractivity (Wildman–Crippen MR) is 122 cm³/mol. The molecule has 5 rings (SSSR count). The number of hydrogen-bond acceptors (Lipinski definition) is 10. The quantitative estimate of drug-likeness (QED) is 0.456. The fraction of sp³-hybridized carbons (Fsp3) is 0.381. The molecule has 4 aromatic rings. The number of anilines is 2. The van der Waals surface area contributed by atoms with Gasteiger partial charge in [-0.2, -0.15) is 10.1 Å². The first kappa shape index (κ1) is 21.2. The minimum atomic E-state index is -0.249. The molecule has 1 fully saturated rings. The second-order valence-corrected chi connectivity index (χ2v) is 9.18. The minimum absolute atomic E-state index is 0.219. The van der Waals surface area contributed by atoms with E-state index in [0.717, 1.165) is 25.9 Å². The van der Waals surface area contributed by atoms with E-state index in [4.69, 9.17) is 4.52 Å². The summed E-state index contributed by atoms with van der Waals surface area (Å²) in [6, 6.07) is 3.42. The lowest BCUT2D eigenvalue weighted by molar-refractivity contribution is 0.102. The van der Waals surface area contributed by atoms with Gasteiger partial charge in [0.25, 0.3) is 11.9 Å². The van der Waals surface area contributed by atoms with E-state index in [1.165, 1.54) is 33.4 Å². The molecule has 11 nitrogen and oxygen atoms in total. The number of nitrogens with one attached hydrogen (secondary N) is 1. The minimum Gasteiger partial charge on any atom is -0.338 e. The zero-order valence-electron chi connectivity index (χ0n) is 18.2. The number of pyridine rings is 1. The van der Waals surface area contributed by atoms with Gasteiger partial charge in [-0.3, -0.25) is 10.1 Å². The Bertz CT molecular complexity index is 1210. The molecule has 0 bridgehead atoms. The number of nitrogens with zero attached hydrogens (tertiary/aromatic N) is 8. The van der Waals surface area contributed by atoms with E-state index in [0.29, 0.717) is 34.3 Å². The van der Waals surface area contributed by atoms with Gasteiger partial charge in [-0.25, -0.2) is 19.6 Å². The molecular weight excluding hydrogens is 442 g/mol. The van der Waals surface area contributed by atoms with E-state index < -0.39 is 0 Å². The van der Waals surface area contributed by atoms with E-state index in [9.17, 15) is 4.79 Å². The molecule has 0 spiro atoms. The van der Waals surface area contributed by atoms with Crippen LogP contribution in [0.3, 0.4) is 0 Å². The summed E-state index contributed by atoms with van der Waals surface area (Å²) in [5.41, 5.74) is 0.449. The van der Waals surface area contributed by atoms with Gasteiger partial charge in [-0.1, -0.05) is 13.8 Å². The second kappa shape index (κ2) is 9.06. The molecule has 1 amide bonds. The molecule has 0 saturated carbocycles. The molecular formula is C21H23N9O2S. The molecule has 12 heteroatoms. The van der Waals surface area contributed by atoms with E-state index in [1.54, 1.807) is 18.5 Å². The Morgan fingerprint density at radius 1 is 1.21 bits per heavy atom. The Morgan fingerprint density at radius 2 is 2.06 bits per heavy atom. The molecule has 0 aromatic carbocycles. The van der Waals surface area contributed by atoms with Crippen LogP contribution < -0.4 is 10.2 Å². The summed E-state index contributed by atoms with van der Waals surface area (Å²) in [5.74, 6) is 2.28. The van der Waals surface area contributed by atoms with Gasteiger partial charge in [0.1, 0.15) is 12.7 Å². The zero-order chi connectivity index (χ0) is 22.8. The van der Waals surface area contributed by atoms with Gasteiger partial charge in [0.15, 0.2) is 10.9 Å². The molecule has 4 aromatic heterocycles. The Hall–Kier alpha value is -3.67. The van der Waals surface area contributed by atoms with Gasteiger partial charge in [0.2, 0.25) is 5.89 Å². The van der Waals surface area contributed by atoms with Crippen molar-refractivity contribution < 1.29 is 9.32 Å². The van der Waals surface area contributed by atoms with Crippen molar-refractivity contribution in [1.82, 2.24) is 34.9 Å². The largest absolute Gasteiger partial charge is 0.338 e. The highest BCUT2D eigenvalue weighted by Gasteiger charge is 2.25. The van der Waals surface area contributed by atoms with Crippen LogP contribution in [0.2, 0.25) is 0 Å². The van der Waals surface area contributed by atoms with Crippen molar-refractivity contribution in [3.63, 3.8) is 0 Å². The lowest BCUT2D eigenvalue weighted by atomic mass is 9.96. The highest BCUT2D eigenvalue weighted by molar-refractivity contribution is 7.15. The molecule has 170 valence electrons. The number of rotatable bonds is 6. The molecule has 0 unspecified atom stereocenters. The van der Waals surface area contributed by atoms with Crippen molar-refractivity contribution in [3.8, 4) is 5.82 Å². The van der Waals surface area contributed by atoms with Crippen molar-refractivity contribution in [1.29, 1.82) is 0 Å². The van der Waals surface area contributed by atoms with Crippen LogP contribution in [0.5, 0.6) is 0 Å². The second-order valence-electron chi connectivity index (χ2n) is 8.12. The van der Waals surface area contributed by atoms with Crippen LogP contribution in [0, 0.1) is 0 Å². The van der Waals surface area contributed by atoms with Crippen molar-refractivity contribution in [2.75, 3.05) is 23.3 Å². The molecule has 1 N–H and O–H groups in total. The standard InChI is InChI=1S/C21H23N9O2S/c1-13(2)19-27-20(28-32-19)29-7-5-14(6-8-29)16-10-24-21(33-16)26-18(31)15-3-4-17(23-9-15)30-12-22-11-25-30/h3-4,9-14H,5-8H2,1-2H3,(H,24,26,31). The van der Waals surface area contributed by atoms with E-state index in [2.05, 4.69) is 40.4 Å². The van der Waals surface area contributed by atoms with Crippen LogP contribution in [0.1, 0.15) is 59.7 Å². The molecule has 33 heavy (non-hydrogen) atoms. The average molecular weight is 466 g/mol. The maximum absolute atomic E-state index is 12.6. The third-order valence-corrected chi connectivity index (χ3v) is 6.59. The maximum Gasteiger partial charge on any atom is 0.266 e. The van der Waals surface area contributed by atoms with Crippen LogP contribution in [0.4, 0.5) is 11.1 Å². The number of piperidine rings is 1. The normalized spacial score (nSPS) is 14.7. The predicted octanol–water partition coefficient (Wildman–Crippen LogP) is 3.26. The molecule has 0 radical (unpaired) electrons. The fourth-order valence-electron chi connectivity index (χ4n) is 3.64. The highest BCUT2D eigenvalue weighted by atomic mass is 32.1. The van der Waals surface area contributed by atoms with Crippen LogP contribution >= 0.6 is 11.3 Å². The molecule has 1 aliphatic heterocycles. The summed E-state index contributed by atoms with van der Waals surface area (Å²) in [5, 5.41) is 11.6. The van der Waals surface area contributed by atoms with E-state index in [1.807, 2.05) is 20.0 Å². The maximum atomic E-state index is 12.6. The Morgan fingerprint density at radius 3 is 2.73 bits per heavy atom. The molecule has 1 aliphatic rings. The summed E-state index contributed by atoms with van der Waals surface area (Å²) < 4.78 is 6.86. The van der Waals surface area contributed by atoms with Gasteiger partial charge < -0.3 is 9.42 Å². The van der Waals surface area contributed by atoms with E-state index >= 15 is 0 Å². The fourth-order valence-corrected chi connectivity index (χ4v) is 4.62. The number of carbonyl (C=O) groups excluding carboxylic acids is 1. The van der Waals surface area contributed by atoms with Gasteiger partial charge in [0, 0.05) is 36.3 Å². The van der Waals surface area contributed by atoms with Crippen molar-refractivity contribution >= 4 is 28.3 Å². The lowest BCUT2D eigenvalue weighted by Gasteiger charge is -2.30. The number of hydrogen-bond donors (Lipinski definition) is 1. The smallest absolute Gasteiger partial charge is 0.266 e. The van der Waals surface area contributed by atoms with Gasteiger partial charge in [-0.15, -0.1) is 11.3 Å². The molecule has 5 heterocycles. The number of amides is 1. The Labute approximate surface area is 193 Å². The molecule has 1 saturated heterocycles. The summed E-state index contributed by atoms with van der Waals surface area (Å²) >= 11 is 1.51.